The van der Waals surface area contributed by atoms with Gasteiger partial charge < -0.3 is 0 Å². The third-order valence-corrected chi connectivity index (χ3v) is 3.03. The van der Waals surface area contributed by atoms with E-state index in [4.69, 9.17) is 0 Å². The van der Waals surface area contributed by atoms with Gasteiger partial charge in [-0.05, 0) is 34.7 Å². The first-order valence-electron chi connectivity index (χ1n) is 3.88. The summed E-state index contributed by atoms with van der Waals surface area (Å²) in [4.78, 5) is 11.0. The van der Waals surface area contributed by atoms with Gasteiger partial charge in [0.2, 0.25) is 0 Å². The van der Waals surface area contributed by atoms with Crippen LogP contribution < -0.4 is 0 Å². The smallest absolute Gasteiger partial charge is 0.292 e. The minimum atomic E-state index is -9.67. The fraction of sp³-hybridized carbons (Fsp3) is 0.125. The molecular weight excluding hydrogens is 366 g/mol. The largest absolute Gasteiger partial charge is 0.293 e. The molecule has 8 heteroatoms. The van der Waals surface area contributed by atoms with Crippen LogP contribution in [-0.2, 0) is 0 Å². The molecule has 1 aromatic carbocycles. The highest BCUT2D eigenvalue weighted by Gasteiger charge is 2.64. The summed E-state index contributed by atoms with van der Waals surface area (Å²) in [7, 11) is -9.67. The average Bonchev–Trinajstić information content (AvgIpc) is 1.98. The Morgan fingerprint density at radius 2 is 1.75 bits per heavy atom. The Kier molecular flexibility index (Phi) is 2.83. The van der Waals surface area contributed by atoms with Crippen LogP contribution >= 0.6 is 32.8 Å². The summed E-state index contributed by atoms with van der Waals surface area (Å²) in [5.74, 6) is -4.29. The summed E-state index contributed by atoms with van der Waals surface area (Å²) < 4.78 is 60.7. The topological polar surface area (TPSA) is 17.1 Å². The molecule has 0 aliphatic heterocycles. The minimum absolute atomic E-state index is 0.361. The maximum Gasteiger partial charge on any atom is 0.292 e. The molecule has 0 aliphatic carbocycles. The van der Waals surface area contributed by atoms with Gasteiger partial charge in [0.25, 0.3) is 10.2 Å². The van der Waals surface area contributed by atoms with Gasteiger partial charge in [0.1, 0.15) is 0 Å². The second kappa shape index (κ2) is 3.31. The molecule has 0 unspecified atom stereocenters. The van der Waals surface area contributed by atoms with E-state index < -0.39 is 21.8 Å². The Morgan fingerprint density at radius 3 is 2.19 bits per heavy atom. The normalized spacial score (nSPS) is 16.4. The lowest BCUT2D eigenvalue weighted by Gasteiger charge is -2.39. The van der Waals surface area contributed by atoms with Gasteiger partial charge in [-0.3, -0.25) is 4.79 Å². The van der Waals surface area contributed by atoms with Gasteiger partial charge in [-0.25, -0.2) is 0 Å². The fourth-order valence-electron chi connectivity index (χ4n) is 0.993. The molecule has 0 heterocycles. The van der Waals surface area contributed by atoms with E-state index in [0.29, 0.717) is 3.57 Å². The number of benzene rings is 1. The molecule has 92 valence electrons. The van der Waals surface area contributed by atoms with Gasteiger partial charge in [-0.1, -0.05) is 31.6 Å². The van der Waals surface area contributed by atoms with Crippen molar-refractivity contribution in [3.8, 4) is 0 Å². The van der Waals surface area contributed by atoms with Gasteiger partial charge in [-0.15, -0.1) is 0 Å². The average molecular weight is 372 g/mol. The van der Waals surface area contributed by atoms with Crippen LogP contribution in [0.1, 0.15) is 10.4 Å². The van der Waals surface area contributed by atoms with E-state index in [1.165, 1.54) is 12.1 Å². The van der Waals surface area contributed by atoms with Crippen molar-refractivity contribution in [3.05, 3.63) is 33.4 Å². The predicted molar refractivity (Wildman–Crippen MR) is 61.5 cm³/mol. The zero-order valence-corrected chi connectivity index (χ0v) is 10.6. The molecule has 0 saturated heterocycles. The highest BCUT2D eigenvalue weighted by molar-refractivity contribution is 14.1. The lowest BCUT2D eigenvalue weighted by Crippen LogP contribution is -2.19. The summed E-state index contributed by atoms with van der Waals surface area (Å²) in [6, 6.07) is 5.08. The predicted octanol–water partition coefficient (Wildman–Crippen LogP) is 4.77. The molecule has 0 fully saturated rings. The van der Waals surface area contributed by atoms with E-state index >= 15 is 0 Å². The SMILES string of the molecule is O=C(CS(F)(F)(F)(F)F)c1cccc(I)c1. The number of carbonyl (C=O) groups is 1. The Labute approximate surface area is 102 Å². The van der Waals surface area contributed by atoms with E-state index in [9.17, 15) is 24.2 Å². The van der Waals surface area contributed by atoms with E-state index in [1.807, 2.05) is 0 Å². The van der Waals surface area contributed by atoms with Crippen LogP contribution in [0.2, 0.25) is 0 Å². The Morgan fingerprint density at radius 1 is 1.19 bits per heavy atom. The number of ketones is 1. The monoisotopic (exact) mass is 372 g/mol. The summed E-state index contributed by atoms with van der Waals surface area (Å²) in [5.41, 5.74) is -0.361. The van der Waals surface area contributed by atoms with Gasteiger partial charge >= 0.3 is 0 Å². The zero-order valence-electron chi connectivity index (χ0n) is 7.60. The molecule has 0 radical (unpaired) electrons. The van der Waals surface area contributed by atoms with Crippen molar-refractivity contribution < 1.29 is 24.2 Å². The van der Waals surface area contributed by atoms with Crippen LogP contribution in [-0.4, -0.2) is 11.5 Å². The summed E-state index contributed by atoms with van der Waals surface area (Å²) in [5, 5.41) is 0. The molecule has 1 aromatic rings. The maximum atomic E-state index is 12.0. The summed E-state index contributed by atoms with van der Waals surface area (Å²) in [6.45, 7) is 0. The van der Waals surface area contributed by atoms with Crippen molar-refractivity contribution in [3.63, 3.8) is 0 Å². The molecule has 0 amide bonds. The van der Waals surface area contributed by atoms with Crippen LogP contribution in [0.3, 0.4) is 0 Å². The number of rotatable bonds is 3. The van der Waals surface area contributed by atoms with Gasteiger partial charge in [0.05, 0.1) is 0 Å². The van der Waals surface area contributed by atoms with E-state index in [2.05, 4.69) is 0 Å². The molecule has 0 aliphatic rings. The van der Waals surface area contributed by atoms with Crippen LogP contribution in [0.25, 0.3) is 0 Å². The number of hydrogen-bond donors (Lipinski definition) is 0. The van der Waals surface area contributed by atoms with Crippen molar-refractivity contribution in [2.75, 3.05) is 5.75 Å². The molecule has 1 rings (SSSR count). The van der Waals surface area contributed by atoms with Crippen molar-refractivity contribution in [2.24, 2.45) is 0 Å². The minimum Gasteiger partial charge on any atom is -0.293 e. The van der Waals surface area contributed by atoms with Crippen LogP contribution in [0.5, 0.6) is 0 Å². The number of carbonyl (C=O) groups excluding carboxylic acids is 1. The van der Waals surface area contributed by atoms with Crippen LogP contribution in [0.4, 0.5) is 19.4 Å². The van der Waals surface area contributed by atoms with Crippen molar-refractivity contribution in [2.45, 2.75) is 0 Å². The molecule has 0 N–H and O–H groups in total. The quantitative estimate of drug-likeness (QED) is 0.424. The van der Waals surface area contributed by atoms with Crippen molar-refractivity contribution in [1.29, 1.82) is 0 Å². The Hall–Kier alpha value is -0.380. The third kappa shape index (κ3) is 5.10. The van der Waals surface area contributed by atoms with E-state index in [1.54, 1.807) is 22.6 Å². The molecule has 0 atom stereocenters. The number of halogens is 6. The van der Waals surface area contributed by atoms with Gasteiger partial charge in [0.15, 0.2) is 11.5 Å². The van der Waals surface area contributed by atoms with Crippen molar-refractivity contribution in [1.82, 2.24) is 0 Å². The first-order valence-corrected chi connectivity index (χ1v) is 7.08. The second-order valence-electron chi connectivity index (χ2n) is 3.21. The Bertz CT molecular complexity index is 440. The second-order valence-corrected chi connectivity index (χ2v) is 7.00. The first kappa shape index (κ1) is 13.7. The lowest BCUT2D eigenvalue weighted by molar-refractivity contribution is 0.101. The number of hydrogen-bond acceptors (Lipinski definition) is 1. The lowest BCUT2D eigenvalue weighted by atomic mass is 10.2. The van der Waals surface area contributed by atoms with Gasteiger partial charge in [0, 0.05) is 9.13 Å². The fourth-order valence-corrected chi connectivity index (χ4v) is 2.20. The van der Waals surface area contributed by atoms with Crippen LogP contribution in [0, 0.1) is 3.57 Å². The van der Waals surface area contributed by atoms with Crippen molar-refractivity contribution >= 4 is 38.6 Å². The van der Waals surface area contributed by atoms with Gasteiger partial charge in [-0.2, -0.15) is 0 Å². The summed E-state index contributed by atoms with van der Waals surface area (Å²) in [6.07, 6.45) is 0. The van der Waals surface area contributed by atoms with E-state index in [-0.39, 0.29) is 5.56 Å². The zero-order chi connectivity index (χ0) is 12.7. The molecule has 0 aromatic heterocycles. The van der Waals surface area contributed by atoms with E-state index in [0.717, 1.165) is 12.1 Å². The highest BCUT2D eigenvalue weighted by Crippen LogP contribution is 2.97. The molecule has 0 saturated carbocycles. The molecular formula is C8H6F5IOS. The molecule has 1 nitrogen and oxygen atoms in total. The summed E-state index contributed by atoms with van der Waals surface area (Å²) >= 11 is 1.77. The van der Waals surface area contributed by atoms with Crippen LogP contribution in [0.15, 0.2) is 24.3 Å². The first-order chi connectivity index (χ1) is 6.86. The molecule has 0 spiro atoms. The maximum absolute atomic E-state index is 12.0. The molecule has 16 heavy (non-hydrogen) atoms. The third-order valence-electron chi connectivity index (χ3n) is 1.55. The number of Topliss-reactive ketones (excluding diaryl/α,β-unsaturated/α-hetero) is 1. The Balaban J connectivity index is 2.99. The standard InChI is InChI=1S/C8H6F5IOS/c9-16(10,11,12,13)5-8(15)6-2-1-3-7(14)4-6/h1-4H,5H2. The molecule has 0 bridgehead atoms. The highest BCUT2D eigenvalue weighted by atomic mass is 127.